The summed E-state index contributed by atoms with van der Waals surface area (Å²) in [5.74, 6) is 0. The summed E-state index contributed by atoms with van der Waals surface area (Å²) in [7, 11) is 0. The SMILES string of the molecule is CC(C)(C)c1ccc(N2B3c4cc5c(cc4-n4c6cc7c(cc6c6c8oc9ccccc9c8c(c3c64)-c3cc4oc6ccccc6c4cc32)C(C)(C)CCC7(C)C)sc2ccccc25)cc1. The molecule has 318 valence electrons. The summed E-state index contributed by atoms with van der Waals surface area (Å²) in [4.78, 5) is 2.68. The quantitative estimate of drug-likeness (QED) is 0.154. The van der Waals surface area contributed by atoms with Gasteiger partial charge in [-0.25, -0.2) is 0 Å². The van der Waals surface area contributed by atoms with Crippen LogP contribution in [0.2, 0.25) is 0 Å². The van der Waals surface area contributed by atoms with Gasteiger partial charge >= 0.3 is 6.85 Å². The number of rotatable bonds is 1. The van der Waals surface area contributed by atoms with E-state index in [0.717, 1.165) is 56.9 Å². The molecule has 6 heterocycles. The molecule has 0 unspecified atom stereocenters. The van der Waals surface area contributed by atoms with Crippen molar-refractivity contribution < 1.29 is 8.83 Å². The van der Waals surface area contributed by atoms with Gasteiger partial charge in [-0.2, -0.15) is 0 Å². The summed E-state index contributed by atoms with van der Waals surface area (Å²) in [6, 6.07) is 50.6. The molecule has 15 rings (SSSR count). The number of furan rings is 2. The molecule has 3 aliphatic rings. The first kappa shape index (κ1) is 37.5. The van der Waals surface area contributed by atoms with Gasteiger partial charge in [0.25, 0.3) is 0 Å². The Kier molecular flexibility index (Phi) is 6.91. The molecule has 2 aliphatic heterocycles. The van der Waals surface area contributed by atoms with Gasteiger partial charge in [0, 0.05) is 69.7 Å². The average molecular weight is 871 g/mol. The van der Waals surface area contributed by atoms with Gasteiger partial charge in [-0.1, -0.05) is 121 Å². The van der Waals surface area contributed by atoms with E-state index in [1.807, 2.05) is 11.3 Å². The Morgan fingerprint density at radius 1 is 0.576 bits per heavy atom. The molecule has 8 aromatic carbocycles. The second-order valence-corrected chi connectivity index (χ2v) is 23.0. The molecule has 0 fully saturated rings. The van der Waals surface area contributed by atoms with E-state index in [4.69, 9.17) is 8.83 Å². The van der Waals surface area contributed by atoms with Crippen molar-refractivity contribution >= 4 is 126 Å². The van der Waals surface area contributed by atoms with E-state index < -0.39 is 0 Å². The van der Waals surface area contributed by atoms with Gasteiger partial charge in [-0.3, -0.25) is 0 Å². The molecule has 4 nitrogen and oxygen atoms in total. The minimum atomic E-state index is -0.165. The predicted molar refractivity (Wildman–Crippen MR) is 281 cm³/mol. The number of thiophene rings is 1. The average Bonchev–Trinajstić information content (AvgIpc) is 4.07. The molecular weight excluding hydrogens is 824 g/mol. The monoisotopic (exact) mass is 870 g/mol. The van der Waals surface area contributed by atoms with Gasteiger partial charge in [-0.05, 0) is 123 Å². The Balaban J connectivity index is 1.20. The zero-order valence-electron chi connectivity index (χ0n) is 38.3. The number of para-hydroxylation sites is 2. The number of hydrogen-bond acceptors (Lipinski definition) is 4. The molecule has 0 amide bonds. The van der Waals surface area contributed by atoms with E-state index in [-0.39, 0.29) is 23.1 Å². The zero-order chi connectivity index (χ0) is 44.3. The van der Waals surface area contributed by atoms with E-state index in [0.29, 0.717) is 0 Å². The number of hydrogen-bond donors (Lipinski definition) is 0. The van der Waals surface area contributed by atoms with Crippen LogP contribution >= 0.6 is 11.3 Å². The van der Waals surface area contributed by atoms with Crippen LogP contribution in [0.5, 0.6) is 0 Å². The molecule has 0 radical (unpaired) electrons. The van der Waals surface area contributed by atoms with Crippen molar-refractivity contribution in [1.29, 1.82) is 0 Å². The largest absolute Gasteiger partial charge is 0.456 e. The van der Waals surface area contributed by atoms with Gasteiger partial charge in [0.1, 0.15) is 22.3 Å². The van der Waals surface area contributed by atoms with Crippen LogP contribution in [0.4, 0.5) is 11.4 Å². The van der Waals surface area contributed by atoms with Gasteiger partial charge in [-0.15, -0.1) is 11.3 Å². The predicted octanol–water partition coefficient (Wildman–Crippen LogP) is 15.8. The fourth-order valence-electron chi connectivity index (χ4n) is 12.7. The van der Waals surface area contributed by atoms with Crippen LogP contribution in [0.1, 0.15) is 78.0 Å². The van der Waals surface area contributed by atoms with Crippen LogP contribution in [0.15, 0.2) is 142 Å². The second kappa shape index (κ2) is 12.2. The van der Waals surface area contributed by atoms with Crippen LogP contribution in [0.25, 0.3) is 103 Å². The van der Waals surface area contributed by atoms with Crippen molar-refractivity contribution in [2.45, 2.75) is 77.6 Å². The van der Waals surface area contributed by atoms with E-state index >= 15 is 0 Å². The van der Waals surface area contributed by atoms with Crippen molar-refractivity contribution in [1.82, 2.24) is 4.57 Å². The zero-order valence-corrected chi connectivity index (χ0v) is 39.1. The molecular formula is C60H47BN2O2S. The summed E-state index contributed by atoms with van der Waals surface area (Å²) in [6.45, 7) is 16.6. The lowest BCUT2D eigenvalue weighted by molar-refractivity contribution is 0.332. The van der Waals surface area contributed by atoms with E-state index in [1.54, 1.807) is 0 Å². The summed E-state index contributed by atoms with van der Waals surface area (Å²) >= 11 is 1.90. The minimum Gasteiger partial charge on any atom is -0.456 e. The van der Waals surface area contributed by atoms with Crippen molar-refractivity contribution in [2.24, 2.45) is 0 Å². The number of fused-ring (bicyclic) bond motifs is 20. The third-order valence-electron chi connectivity index (χ3n) is 16.2. The van der Waals surface area contributed by atoms with Gasteiger partial charge in [0.15, 0.2) is 0 Å². The van der Waals surface area contributed by atoms with Crippen molar-refractivity contribution in [2.75, 3.05) is 4.81 Å². The third kappa shape index (κ3) is 4.65. The van der Waals surface area contributed by atoms with Crippen LogP contribution in [-0.2, 0) is 16.2 Å². The number of benzene rings is 8. The maximum absolute atomic E-state index is 7.31. The smallest absolute Gasteiger partial charge is 0.333 e. The lowest BCUT2D eigenvalue weighted by Crippen LogP contribution is -2.60. The van der Waals surface area contributed by atoms with E-state index in [2.05, 4.69) is 191 Å². The Morgan fingerprint density at radius 2 is 1.26 bits per heavy atom. The van der Waals surface area contributed by atoms with Crippen molar-refractivity contribution in [3.63, 3.8) is 0 Å². The summed E-state index contributed by atoms with van der Waals surface area (Å²) in [5, 5.41) is 9.68. The molecule has 0 spiro atoms. The highest BCUT2D eigenvalue weighted by atomic mass is 32.1. The maximum Gasteiger partial charge on any atom is 0.333 e. The molecule has 6 heteroatoms. The molecule has 4 aromatic heterocycles. The standard InChI is InChI=1S/C60H47BN2O2S/c1-58(2,3)32-20-22-33(23-21-32)63-45-28-37-34-14-8-11-17-47(34)64-49(37)29-40(45)52-53-36-16-9-12-18-48(36)65-57(53)54-39-26-41-42(60(6,7)25-24-59(41,4)5)30-44(39)62-46-31-51-38(35-15-10-13-19-50(35)66-51)27-43(46)61(63)55(52)56(54)62/h8-23,26-31H,24-25H2,1-7H3. The molecule has 12 aromatic rings. The molecule has 0 bridgehead atoms. The number of aromatic nitrogens is 1. The first-order chi connectivity index (χ1) is 31.8. The second-order valence-electron chi connectivity index (χ2n) is 21.9. The molecule has 0 atom stereocenters. The number of nitrogens with zero attached hydrogens (tertiary/aromatic N) is 2. The van der Waals surface area contributed by atoms with Crippen molar-refractivity contribution in [3.8, 4) is 16.8 Å². The third-order valence-corrected chi connectivity index (χ3v) is 17.3. The van der Waals surface area contributed by atoms with Gasteiger partial charge in [0.2, 0.25) is 0 Å². The highest BCUT2D eigenvalue weighted by Gasteiger charge is 2.47. The first-order valence-corrected chi connectivity index (χ1v) is 24.5. The van der Waals surface area contributed by atoms with Gasteiger partial charge < -0.3 is 18.2 Å². The highest BCUT2D eigenvalue weighted by molar-refractivity contribution is 7.26. The van der Waals surface area contributed by atoms with Crippen LogP contribution in [0, 0.1) is 0 Å². The van der Waals surface area contributed by atoms with E-state index in [1.165, 1.54) is 97.6 Å². The minimum absolute atomic E-state index is 0.0131. The van der Waals surface area contributed by atoms with Crippen LogP contribution < -0.4 is 15.7 Å². The lowest BCUT2D eigenvalue weighted by atomic mass is 9.43. The lowest BCUT2D eigenvalue weighted by Gasteiger charge is -2.42. The molecule has 0 saturated carbocycles. The Labute approximate surface area is 387 Å². The van der Waals surface area contributed by atoms with Gasteiger partial charge in [0.05, 0.1) is 16.4 Å². The highest BCUT2D eigenvalue weighted by Crippen LogP contribution is 2.55. The van der Waals surface area contributed by atoms with E-state index in [9.17, 15) is 0 Å². The molecule has 0 N–H and O–H groups in total. The fraction of sp³-hybridized carbons (Fsp3) is 0.200. The summed E-state index contributed by atoms with van der Waals surface area (Å²) in [5.41, 5.74) is 19.1. The maximum atomic E-state index is 7.31. The Morgan fingerprint density at radius 3 is 2.02 bits per heavy atom. The summed E-state index contributed by atoms with van der Waals surface area (Å²) in [6.07, 6.45) is 2.30. The normalized spacial score (nSPS) is 16.2. The van der Waals surface area contributed by atoms with Crippen LogP contribution in [-0.4, -0.2) is 11.4 Å². The molecule has 0 saturated heterocycles. The van der Waals surface area contributed by atoms with Crippen molar-refractivity contribution in [3.05, 3.63) is 150 Å². The first-order valence-electron chi connectivity index (χ1n) is 23.7. The Hall–Kier alpha value is -6.76. The number of anilines is 2. The fourth-order valence-corrected chi connectivity index (χ4v) is 13.8. The topological polar surface area (TPSA) is 34.5 Å². The van der Waals surface area contributed by atoms with Crippen LogP contribution in [0.3, 0.4) is 0 Å². The molecule has 66 heavy (non-hydrogen) atoms. The Bertz CT molecular complexity index is 4170. The molecule has 1 aliphatic carbocycles. The summed E-state index contributed by atoms with van der Waals surface area (Å²) < 4.78 is 19.4.